The third-order valence-electron chi connectivity index (χ3n) is 5.42. The smallest absolute Gasteiger partial charge is 0.145 e. The summed E-state index contributed by atoms with van der Waals surface area (Å²) in [5.41, 5.74) is 5.35. The van der Waals surface area contributed by atoms with Crippen LogP contribution in [0, 0.1) is 0 Å². The van der Waals surface area contributed by atoms with E-state index in [9.17, 15) is 0 Å². The second-order valence-corrected chi connectivity index (χ2v) is 7.60. The first-order valence-electron chi connectivity index (χ1n) is 10.7. The molecule has 0 saturated carbocycles. The topological polar surface area (TPSA) is 42.9 Å². The van der Waals surface area contributed by atoms with Gasteiger partial charge in [-0.05, 0) is 35.4 Å². The molecule has 0 fully saturated rings. The zero-order valence-electron chi connectivity index (χ0n) is 17.6. The highest BCUT2D eigenvalue weighted by molar-refractivity contribution is 6.04. The van der Waals surface area contributed by atoms with Crippen molar-refractivity contribution in [3.63, 3.8) is 0 Å². The molecule has 2 heterocycles. The van der Waals surface area contributed by atoms with Gasteiger partial charge in [-0.3, -0.25) is 0 Å². The molecule has 158 valence electrons. The molecule has 0 aromatic heterocycles. The van der Waals surface area contributed by atoms with E-state index >= 15 is 0 Å². The minimum Gasteiger partial charge on any atom is -0.489 e. The lowest BCUT2D eigenvalue weighted by Crippen LogP contribution is -2.23. The second-order valence-electron chi connectivity index (χ2n) is 7.60. The minimum atomic E-state index is 0.246. The van der Waals surface area contributed by atoms with Crippen LogP contribution >= 0.6 is 0 Å². The van der Waals surface area contributed by atoms with E-state index < -0.39 is 0 Å². The Kier molecular flexibility index (Phi) is 5.84. The molecule has 0 aliphatic carbocycles. The van der Waals surface area contributed by atoms with E-state index in [0.717, 1.165) is 34.1 Å². The Hall–Kier alpha value is -4.05. The van der Waals surface area contributed by atoms with Gasteiger partial charge in [0.2, 0.25) is 0 Å². The summed E-state index contributed by atoms with van der Waals surface area (Å²) in [7, 11) is 0. The molecule has 4 nitrogen and oxygen atoms in total. The van der Waals surface area contributed by atoms with Crippen molar-refractivity contribution in [3.05, 3.63) is 120 Å². The monoisotopic (exact) mass is 420 g/mol. The number of hydrogen-bond acceptors (Lipinski definition) is 4. The molecular formula is C28H24N2O2. The van der Waals surface area contributed by atoms with E-state index in [-0.39, 0.29) is 6.04 Å². The van der Waals surface area contributed by atoms with Gasteiger partial charge in [-0.2, -0.15) is 0 Å². The maximum absolute atomic E-state index is 5.73. The summed E-state index contributed by atoms with van der Waals surface area (Å²) in [6.07, 6.45) is 0. The summed E-state index contributed by atoms with van der Waals surface area (Å²) < 4.78 is 11.4. The molecule has 0 saturated heterocycles. The molecule has 2 aliphatic heterocycles. The third-order valence-corrected chi connectivity index (χ3v) is 5.42. The Morgan fingerprint density at radius 1 is 0.656 bits per heavy atom. The quantitative estimate of drug-likeness (QED) is 0.406. The van der Waals surface area contributed by atoms with Crippen molar-refractivity contribution in [1.29, 1.82) is 0 Å². The minimum absolute atomic E-state index is 0.246. The van der Waals surface area contributed by atoms with Crippen LogP contribution in [-0.2, 0) is 0 Å². The number of ether oxygens (including phenoxy) is 2. The average Bonchev–Trinajstić information content (AvgIpc) is 2.89. The van der Waals surface area contributed by atoms with Gasteiger partial charge in [0.25, 0.3) is 0 Å². The zero-order valence-corrected chi connectivity index (χ0v) is 17.6. The van der Waals surface area contributed by atoms with Gasteiger partial charge in [0.1, 0.15) is 30.4 Å². The molecular weight excluding hydrogens is 396 g/mol. The van der Waals surface area contributed by atoms with Crippen molar-refractivity contribution in [3.8, 4) is 11.5 Å². The summed E-state index contributed by atoms with van der Waals surface area (Å²) in [5, 5.41) is 3.49. The third kappa shape index (κ3) is 4.49. The molecule has 1 atom stereocenters. The zero-order chi connectivity index (χ0) is 21.6. The summed E-state index contributed by atoms with van der Waals surface area (Å²) in [6.45, 7) is 1.22. The van der Waals surface area contributed by atoms with E-state index in [4.69, 9.17) is 9.47 Å². The summed E-state index contributed by atoms with van der Waals surface area (Å²) in [6, 6.07) is 36.6. The number of benzene rings is 4. The summed E-state index contributed by atoms with van der Waals surface area (Å²) in [5.74, 6) is 1.80. The van der Waals surface area contributed by atoms with Crippen LogP contribution in [0.2, 0.25) is 0 Å². The second kappa shape index (κ2) is 9.40. The molecule has 4 aromatic rings. The summed E-state index contributed by atoms with van der Waals surface area (Å²) in [4.78, 5) is 4.61. The van der Waals surface area contributed by atoms with E-state index in [1.807, 2.05) is 72.8 Å². The molecule has 4 aromatic carbocycles. The van der Waals surface area contributed by atoms with Crippen molar-refractivity contribution in [2.24, 2.45) is 4.99 Å². The molecule has 6 rings (SSSR count). The maximum Gasteiger partial charge on any atom is 0.145 e. The highest BCUT2D eigenvalue weighted by Crippen LogP contribution is 2.33. The molecule has 1 N–H and O–H groups in total. The first-order chi connectivity index (χ1) is 15.9. The Morgan fingerprint density at radius 3 is 2.12 bits per heavy atom. The lowest BCUT2D eigenvalue weighted by atomic mass is 10.1. The first kappa shape index (κ1) is 19.9. The van der Waals surface area contributed by atoms with Gasteiger partial charge in [0.05, 0.1) is 17.4 Å². The van der Waals surface area contributed by atoms with Crippen LogP contribution in [0.5, 0.6) is 11.5 Å². The maximum atomic E-state index is 5.73. The van der Waals surface area contributed by atoms with Gasteiger partial charge in [0, 0.05) is 0 Å². The molecule has 2 aliphatic rings. The predicted octanol–water partition coefficient (Wildman–Crippen LogP) is 6.43. The lowest BCUT2D eigenvalue weighted by Gasteiger charge is -2.27. The number of para-hydroxylation sites is 4. The van der Waals surface area contributed by atoms with Crippen LogP contribution in [-0.4, -0.2) is 18.9 Å². The number of aliphatic imine (C=N–C) groups is 1. The molecule has 0 spiro atoms. The van der Waals surface area contributed by atoms with Crippen LogP contribution in [0.1, 0.15) is 17.2 Å². The highest BCUT2D eigenvalue weighted by Gasteiger charge is 2.19. The average molecular weight is 421 g/mol. The number of fused-ring (bicyclic) bond motifs is 2. The van der Waals surface area contributed by atoms with Crippen molar-refractivity contribution in [1.82, 2.24) is 0 Å². The number of nitrogens with one attached hydrogen (secondary N) is 1. The van der Waals surface area contributed by atoms with Crippen LogP contribution in [0.25, 0.3) is 0 Å². The number of nitrogens with zero attached hydrogens (tertiary/aromatic N) is 1. The van der Waals surface area contributed by atoms with Crippen molar-refractivity contribution in [2.75, 3.05) is 18.5 Å². The molecule has 0 bridgehead atoms. The fraction of sp³-hybridized carbons (Fsp3) is 0.107. The summed E-state index contributed by atoms with van der Waals surface area (Å²) >= 11 is 0. The van der Waals surface area contributed by atoms with Crippen molar-refractivity contribution in [2.45, 2.75) is 6.04 Å². The van der Waals surface area contributed by atoms with E-state index in [2.05, 4.69) is 46.7 Å². The Bertz CT molecular complexity index is 1210. The largest absolute Gasteiger partial charge is 0.489 e. The molecule has 4 heteroatoms. The van der Waals surface area contributed by atoms with Crippen molar-refractivity contribution >= 4 is 17.1 Å². The standard InChI is InChI=1S/C14H13NO.C14H11NO/c2*1-2-6-11(7-3-1)13-10-16-14-9-5-4-8-12(14)15-13/h1-9,13,15H,10H2;1-9H,10H2/t13-;/m0./s1. The normalized spacial score (nSPS) is 15.9. The highest BCUT2D eigenvalue weighted by atomic mass is 16.5. The van der Waals surface area contributed by atoms with Gasteiger partial charge >= 0.3 is 0 Å². The molecule has 32 heavy (non-hydrogen) atoms. The SMILES string of the molecule is c1ccc(C2=Nc3ccccc3OC2)cc1.c1ccc([C@@H]2COc3ccccc3N2)cc1. The fourth-order valence-corrected chi connectivity index (χ4v) is 3.75. The van der Waals surface area contributed by atoms with Crippen molar-refractivity contribution < 1.29 is 9.47 Å². The first-order valence-corrected chi connectivity index (χ1v) is 10.7. The van der Waals surface area contributed by atoms with E-state index in [1.54, 1.807) is 0 Å². The van der Waals surface area contributed by atoms with E-state index in [1.165, 1.54) is 5.56 Å². The van der Waals surface area contributed by atoms with Crippen LogP contribution in [0.4, 0.5) is 11.4 Å². The Labute approximate surface area is 188 Å². The van der Waals surface area contributed by atoms with Gasteiger partial charge in [-0.25, -0.2) is 4.99 Å². The number of rotatable bonds is 2. The number of hydrogen-bond donors (Lipinski definition) is 1. The Balaban J connectivity index is 0.000000135. The van der Waals surface area contributed by atoms with Crippen LogP contribution < -0.4 is 14.8 Å². The molecule has 0 unspecified atom stereocenters. The van der Waals surface area contributed by atoms with E-state index in [0.29, 0.717) is 13.2 Å². The molecule has 0 amide bonds. The van der Waals surface area contributed by atoms with Crippen LogP contribution in [0.3, 0.4) is 0 Å². The lowest BCUT2D eigenvalue weighted by molar-refractivity contribution is 0.286. The van der Waals surface area contributed by atoms with Gasteiger partial charge in [-0.15, -0.1) is 0 Å². The Morgan fingerprint density at radius 2 is 1.31 bits per heavy atom. The number of anilines is 1. The van der Waals surface area contributed by atoms with Crippen LogP contribution in [0.15, 0.2) is 114 Å². The molecule has 0 radical (unpaired) electrons. The van der Waals surface area contributed by atoms with Gasteiger partial charge in [0.15, 0.2) is 0 Å². The van der Waals surface area contributed by atoms with Gasteiger partial charge < -0.3 is 14.8 Å². The fourth-order valence-electron chi connectivity index (χ4n) is 3.75. The predicted molar refractivity (Wildman–Crippen MR) is 129 cm³/mol. The van der Waals surface area contributed by atoms with Gasteiger partial charge in [-0.1, -0.05) is 84.9 Å².